The van der Waals surface area contributed by atoms with Crippen LogP contribution in [0.15, 0.2) is 23.3 Å². The Morgan fingerprint density at radius 1 is 1.60 bits per heavy atom. The maximum absolute atomic E-state index is 11.7. The summed E-state index contributed by atoms with van der Waals surface area (Å²) < 4.78 is 1.67. The summed E-state index contributed by atoms with van der Waals surface area (Å²) in [6, 6.07) is -0.263. The number of anilines is 1. The molecule has 0 aromatic carbocycles. The van der Waals surface area contributed by atoms with Gasteiger partial charge in [-0.15, -0.1) is 0 Å². The molecular formula is C12H15N5O3. The first-order chi connectivity index (χ1) is 9.52. The minimum absolute atomic E-state index is 0.00659. The van der Waals surface area contributed by atoms with E-state index in [0.717, 1.165) is 0 Å². The third-order valence-electron chi connectivity index (χ3n) is 3.82. The van der Waals surface area contributed by atoms with Gasteiger partial charge < -0.3 is 20.5 Å². The van der Waals surface area contributed by atoms with Gasteiger partial charge in [0.25, 0.3) is 5.56 Å². The minimum atomic E-state index is -0.672. The third kappa shape index (κ3) is 1.73. The van der Waals surface area contributed by atoms with Crippen LogP contribution in [-0.4, -0.2) is 42.4 Å². The van der Waals surface area contributed by atoms with Crippen molar-refractivity contribution in [3.63, 3.8) is 0 Å². The van der Waals surface area contributed by atoms with Crippen molar-refractivity contribution >= 4 is 17.1 Å². The molecule has 3 rings (SSSR count). The van der Waals surface area contributed by atoms with Crippen molar-refractivity contribution < 1.29 is 10.2 Å². The number of nitrogen functional groups attached to an aromatic ring is 1. The van der Waals surface area contributed by atoms with Gasteiger partial charge in [-0.25, -0.2) is 4.98 Å². The van der Waals surface area contributed by atoms with Gasteiger partial charge in [0.1, 0.15) is 0 Å². The summed E-state index contributed by atoms with van der Waals surface area (Å²) in [4.78, 5) is 22.2. The second kappa shape index (κ2) is 4.43. The van der Waals surface area contributed by atoms with Crippen LogP contribution >= 0.6 is 0 Å². The van der Waals surface area contributed by atoms with Crippen LogP contribution in [0.1, 0.15) is 12.5 Å². The van der Waals surface area contributed by atoms with Crippen LogP contribution in [0.3, 0.4) is 0 Å². The van der Waals surface area contributed by atoms with E-state index >= 15 is 0 Å². The van der Waals surface area contributed by atoms with E-state index in [0.29, 0.717) is 17.6 Å². The second-order valence-corrected chi connectivity index (χ2v) is 4.96. The van der Waals surface area contributed by atoms with Gasteiger partial charge >= 0.3 is 0 Å². The van der Waals surface area contributed by atoms with Crippen molar-refractivity contribution in [2.75, 3.05) is 12.3 Å². The van der Waals surface area contributed by atoms with E-state index in [9.17, 15) is 15.0 Å². The molecule has 0 spiro atoms. The molecule has 1 aliphatic rings. The largest absolute Gasteiger partial charge is 0.396 e. The van der Waals surface area contributed by atoms with Crippen molar-refractivity contribution in [2.45, 2.75) is 18.6 Å². The van der Waals surface area contributed by atoms with Crippen molar-refractivity contribution in [1.82, 2.24) is 19.5 Å². The van der Waals surface area contributed by atoms with Crippen LogP contribution in [0.5, 0.6) is 0 Å². The number of aromatic amines is 1. The molecule has 1 fully saturated rings. The smallest absolute Gasteiger partial charge is 0.280 e. The van der Waals surface area contributed by atoms with E-state index in [1.165, 1.54) is 6.33 Å². The summed E-state index contributed by atoms with van der Waals surface area (Å²) in [7, 11) is 0. The number of aromatic nitrogens is 4. The number of nitrogens with zero attached hydrogens (tertiary/aromatic N) is 3. The molecule has 2 heterocycles. The van der Waals surface area contributed by atoms with Crippen LogP contribution in [0, 0.1) is 5.92 Å². The quantitative estimate of drug-likeness (QED) is 0.531. The zero-order valence-electron chi connectivity index (χ0n) is 10.7. The third-order valence-corrected chi connectivity index (χ3v) is 3.82. The van der Waals surface area contributed by atoms with E-state index < -0.39 is 11.7 Å². The monoisotopic (exact) mass is 280 g/mol. The standard InChI is InChI=1S/C12H15N5O3/c1-5-6(3-18)8(19)2-7(5)17-4-14-9-10(17)15-12(13)16-11(9)20/h4,6-8,18-19H,1-3H2,(H3,13,15,16,20)/t6-,7-,8?/m0/s1/i10+1,11+1,14+1. The normalized spacial score (nSPS) is 26.5. The number of aliphatic hydroxyl groups excluding tert-OH is 2. The first-order valence-corrected chi connectivity index (χ1v) is 6.23. The lowest BCUT2D eigenvalue weighted by Gasteiger charge is -2.15. The fourth-order valence-corrected chi connectivity index (χ4v) is 2.74. The maximum atomic E-state index is 11.7. The highest BCUT2D eigenvalue weighted by Gasteiger charge is 2.37. The Labute approximate surface area is 113 Å². The molecule has 2 aromatic heterocycles. The van der Waals surface area contributed by atoms with Gasteiger partial charge in [0, 0.05) is 5.92 Å². The lowest BCUT2D eigenvalue weighted by molar-refractivity contribution is 0.101. The van der Waals surface area contributed by atoms with Gasteiger partial charge in [0.15, 0.2) is 11.2 Å². The number of hydrogen-bond acceptors (Lipinski definition) is 6. The van der Waals surface area contributed by atoms with Gasteiger partial charge in [-0.05, 0) is 12.0 Å². The molecular weight excluding hydrogens is 265 g/mol. The van der Waals surface area contributed by atoms with Gasteiger partial charge in [0.2, 0.25) is 5.95 Å². The van der Waals surface area contributed by atoms with Gasteiger partial charge in [0.05, 0.1) is 25.1 Å². The zero-order chi connectivity index (χ0) is 14.4. The van der Waals surface area contributed by atoms with Crippen LogP contribution in [0.25, 0.3) is 11.2 Å². The molecule has 0 aliphatic heterocycles. The highest BCUT2D eigenvalue weighted by atomic mass is 16.3. The first-order valence-electron chi connectivity index (χ1n) is 6.23. The molecule has 0 bridgehead atoms. The molecule has 1 saturated carbocycles. The van der Waals surface area contributed by atoms with Crippen molar-refractivity contribution in [2.24, 2.45) is 5.92 Å². The second-order valence-electron chi connectivity index (χ2n) is 4.96. The SMILES string of the molecule is C=C1[C@H](CO)C(O)C[C@@H]1n1c[15n]c2[13c](=O)[nH]c(N)n[13c]21. The lowest BCUT2D eigenvalue weighted by Crippen LogP contribution is -2.17. The van der Waals surface area contributed by atoms with E-state index in [4.69, 9.17) is 5.73 Å². The summed E-state index contributed by atoms with van der Waals surface area (Å²) >= 11 is 0. The molecule has 1 unspecified atom stereocenters. The summed E-state index contributed by atoms with van der Waals surface area (Å²) in [5, 5.41) is 19.2. The Bertz CT molecular complexity index is 734. The number of imidazole rings is 1. The molecule has 20 heavy (non-hydrogen) atoms. The number of hydrogen-bond donors (Lipinski definition) is 4. The summed E-state index contributed by atoms with van der Waals surface area (Å²) in [5.74, 6) is -0.371. The molecule has 106 valence electrons. The number of aliphatic hydroxyl groups is 2. The van der Waals surface area contributed by atoms with Gasteiger partial charge in [-0.1, -0.05) is 6.58 Å². The fraction of sp³-hybridized carbons (Fsp3) is 0.417. The Balaban J connectivity index is 2.12. The van der Waals surface area contributed by atoms with Gasteiger partial charge in [-0.2, -0.15) is 4.98 Å². The molecule has 0 radical (unpaired) electrons. The summed E-state index contributed by atoms with van der Waals surface area (Å²) in [5.41, 5.74) is 6.37. The molecule has 5 N–H and O–H groups in total. The van der Waals surface area contributed by atoms with Crippen molar-refractivity contribution in [3.05, 3.63) is 28.8 Å². The number of fused-ring (bicyclic) bond motifs is 1. The first kappa shape index (κ1) is 12.8. The number of nitrogens with two attached hydrogens (primary N) is 1. The maximum Gasteiger partial charge on any atom is 0.280 e. The molecule has 0 saturated heterocycles. The molecule has 2 aromatic rings. The van der Waals surface area contributed by atoms with Crippen LogP contribution < -0.4 is 11.3 Å². The average Bonchev–Trinajstić information content (AvgIpc) is 2.91. The van der Waals surface area contributed by atoms with Crippen LogP contribution in [0.2, 0.25) is 0 Å². The van der Waals surface area contributed by atoms with E-state index in [2.05, 4.69) is 21.5 Å². The molecule has 1 aliphatic carbocycles. The average molecular weight is 280 g/mol. The molecule has 8 heteroatoms. The molecule has 0 amide bonds. The fourth-order valence-electron chi connectivity index (χ4n) is 2.74. The Morgan fingerprint density at radius 2 is 2.35 bits per heavy atom. The van der Waals surface area contributed by atoms with Crippen LogP contribution in [-0.2, 0) is 0 Å². The Kier molecular flexibility index (Phi) is 2.84. The summed E-state index contributed by atoms with van der Waals surface area (Å²) in [6.45, 7) is 3.76. The predicted molar refractivity (Wildman–Crippen MR) is 71.9 cm³/mol. The van der Waals surface area contributed by atoms with Crippen molar-refractivity contribution in [3.8, 4) is 0 Å². The van der Waals surface area contributed by atoms with E-state index in [1.807, 2.05) is 0 Å². The zero-order valence-corrected chi connectivity index (χ0v) is 10.7. The number of H-pyrrole nitrogens is 1. The molecule has 3 atom stereocenters. The lowest BCUT2D eigenvalue weighted by atomic mass is 10.0. The predicted octanol–water partition coefficient (Wildman–Crippen LogP) is -0.828. The summed E-state index contributed by atoms with van der Waals surface area (Å²) in [6.07, 6.45) is 1.20. The highest BCUT2D eigenvalue weighted by molar-refractivity contribution is 5.70. The van der Waals surface area contributed by atoms with Crippen molar-refractivity contribution in [1.29, 1.82) is 0 Å². The topological polar surface area (TPSA) is 130 Å². The van der Waals surface area contributed by atoms with Crippen LogP contribution in [0.4, 0.5) is 5.95 Å². The van der Waals surface area contributed by atoms with E-state index in [-0.39, 0.29) is 30.0 Å². The highest BCUT2D eigenvalue weighted by Crippen LogP contribution is 2.39. The number of nitrogens with one attached hydrogen (secondary N) is 1. The minimum Gasteiger partial charge on any atom is -0.396 e. The molecule has 8 nitrogen and oxygen atoms in total. The van der Waals surface area contributed by atoms with Gasteiger partial charge in [-0.3, -0.25) is 9.78 Å². The van der Waals surface area contributed by atoms with E-state index in [1.54, 1.807) is 4.57 Å². The Morgan fingerprint density at radius 3 is 3.00 bits per heavy atom. The number of rotatable bonds is 2. The Hall–Kier alpha value is -2.19.